The molecular formula is C15H8Br2O. The van der Waals surface area contributed by atoms with E-state index in [1.54, 1.807) is 0 Å². The van der Waals surface area contributed by atoms with Gasteiger partial charge in [0.15, 0.2) is 5.43 Å². The minimum absolute atomic E-state index is 0.145. The summed E-state index contributed by atoms with van der Waals surface area (Å²) in [4.78, 5) is 11.9. The highest BCUT2D eigenvalue weighted by Crippen LogP contribution is 2.36. The predicted molar refractivity (Wildman–Crippen MR) is 81.4 cm³/mol. The van der Waals surface area contributed by atoms with Gasteiger partial charge in [-0.2, -0.15) is 0 Å². The van der Waals surface area contributed by atoms with E-state index < -0.39 is 0 Å². The minimum atomic E-state index is 0.145. The summed E-state index contributed by atoms with van der Waals surface area (Å²) in [6.07, 6.45) is 0. The summed E-state index contributed by atoms with van der Waals surface area (Å²) >= 11 is 6.85. The fourth-order valence-corrected chi connectivity index (χ4v) is 2.81. The topological polar surface area (TPSA) is 17.1 Å². The molecule has 3 aromatic rings. The number of hydrogen-bond acceptors (Lipinski definition) is 1. The van der Waals surface area contributed by atoms with Crippen molar-refractivity contribution in [3.8, 4) is 22.3 Å². The molecule has 0 atom stereocenters. The normalized spacial score (nSPS) is 11.0. The molecule has 88 valence electrons. The van der Waals surface area contributed by atoms with E-state index >= 15 is 0 Å². The molecule has 0 amide bonds. The summed E-state index contributed by atoms with van der Waals surface area (Å²) < 4.78 is 1.97. The molecule has 0 saturated heterocycles. The molecule has 0 spiro atoms. The Labute approximate surface area is 121 Å². The van der Waals surface area contributed by atoms with Crippen LogP contribution in [-0.4, -0.2) is 0 Å². The summed E-state index contributed by atoms with van der Waals surface area (Å²) in [5, 5.41) is 0. The Morgan fingerprint density at radius 2 is 1.17 bits per heavy atom. The first-order valence-electron chi connectivity index (χ1n) is 5.47. The molecule has 0 aromatic heterocycles. The van der Waals surface area contributed by atoms with Gasteiger partial charge in [0.25, 0.3) is 0 Å². The second kappa shape index (κ2) is 4.48. The molecule has 3 aromatic carbocycles. The van der Waals surface area contributed by atoms with Crippen LogP contribution in [0.25, 0.3) is 22.3 Å². The summed E-state index contributed by atoms with van der Waals surface area (Å²) in [6, 6.07) is 15.7. The highest BCUT2D eigenvalue weighted by Gasteiger charge is 2.25. The van der Waals surface area contributed by atoms with Gasteiger partial charge in [-0.25, -0.2) is 0 Å². The zero-order chi connectivity index (χ0) is 12.7. The zero-order valence-corrected chi connectivity index (χ0v) is 12.5. The van der Waals surface area contributed by atoms with E-state index in [0.29, 0.717) is 0 Å². The van der Waals surface area contributed by atoms with Crippen molar-refractivity contribution < 1.29 is 0 Å². The Bertz CT molecular complexity index is 676. The van der Waals surface area contributed by atoms with Gasteiger partial charge < -0.3 is 0 Å². The highest BCUT2D eigenvalue weighted by molar-refractivity contribution is 9.10. The quantitative estimate of drug-likeness (QED) is 0.640. The maximum Gasteiger partial charge on any atom is 0.195 e. The van der Waals surface area contributed by atoms with Gasteiger partial charge in [-0.1, -0.05) is 56.1 Å². The number of hydrogen-bond donors (Lipinski definition) is 0. The minimum Gasteiger partial charge on any atom is -0.289 e. The van der Waals surface area contributed by atoms with Crippen molar-refractivity contribution in [2.24, 2.45) is 0 Å². The van der Waals surface area contributed by atoms with Gasteiger partial charge in [0.2, 0.25) is 0 Å². The first kappa shape index (κ1) is 11.9. The number of halogens is 2. The van der Waals surface area contributed by atoms with Crippen LogP contribution < -0.4 is 5.43 Å². The third-order valence-corrected chi connectivity index (χ3v) is 3.85. The van der Waals surface area contributed by atoms with Crippen molar-refractivity contribution in [2.75, 3.05) is 0 Å². The monoisotopic (exact) mass is 362 g/mol. The van der Waals surface area contributed by atoms with Crippen molar-refractivity contribution in [1.82, 2.24) is 0 Å². The third-order valence-electron chi connectivity index (χ3n) is 2.87. The fourth-order valence-electron chi connectivity index (χ4n) is 2.01. The SMILES string of the molecule is O=c1c(-c2cccc(Br)c2)c1-c1cccc(Br)c1. The Balaban J connectivity index is 2.06. The van der Waals surface area contributed by atoms with Crippen LogP contribution in [0, 0.1) is 0 Å². The average Bonchev–Trinajstić information content (AvgIpc) is 3.01. The van der Waals surface area contributed by atoms with Crippen molar-refractivity contribution in [3.05, 3.63) is 67.7 Å². The van der Waals surface area contributed by atoms with E-state index in [1.165, 1.54) is 0 Å². The van der Waals surface area contributed by atoms with Crippen molar-refractivity contribution >= 4 is 31.9 Å². The molecule has 3 heteroatoms. The van der Waals surface area contributed by atoms with E-state index in [-0.39, 0.29) is 5.43 Å². The molecule has 18 heavy (non-hydrogen) atoms. The van der Waals surface area contributed by atoms with Crippen LogP contribution in [0.1, 0.15) is 0 Å². The Morgan fingerprint density at radius 3 is 1.56 bits per heavy atom. The number of benzene rings is 2. The first-order chi connectivity index (χ1) is 8.66. The molecule has 0 saturated carbocycles. The van der Waals surface area contributed by atoms with Gasteiger partial charge in [-0.05, 0) is 35.4 Å². The predicted octanol–water partition coefficient (Wildman–Crippen LogP) is 4.78. The maximum absolute atomic E-state index is 11.9. The lowest BCUT2D eigenvalue weighted by Gasteiger charge is -1.96. The second-order valence-corrected chi connectivity index (χ2v) is 5.93. The molecule has 0 aliphatic rings. The van der Waals surface area contributed by atoms with E-state index in [2.05, 4.69) is 31.9 Å². The van der Waals surface area contributed by atoms with Gasteiger partial charge >= 0.3 is 0 Å². The Morgan fingerprint density at radius 1 is 0.722 bits per heavy atom. The zero-order valence-electron chi connectivity index (χ0n) is 9.28. The van der Waals surface area contributed by atoms with Gasteiger partial charge in [0, 0.05) is 20.1 Å². The van der Waals surface area contributed by atoms with Crippen LogP contribution in [0.4, 0.5) is 0 Å². The molecule has 0 radical (unpaired) electrons. The van der Waals surface area contributed by atoms with Crippen molar-refractivity contribution in [2.45, 2.75) is 0 Å². The van der Waals surface area contributed by atoms with Crippen LogP contribution in [0.2, 0.25) is 0 Å². The number of rotatable bonds is 2. The molecular weight excluding hydrogens is 356 g/mol. The van der Waals surface area contributed by atoms with Crippen LogP contribution in [0.3, 0.4) is 0 Å². The molecule has 3 rings (SSSR count). The van der Waals surface area contributed by atoms with Crippen molar-refractivity contribution in [1.29, 1.82) is 0 Å². The maximum atomic E-state index is 11.9. The summed E-state index contributed by atoms with van der Waals surface area (Å²) in [5.74, 6) is 0. The Hall–Kier alpha value is -1.19. The molecule has 0 N–H and O–H groups in total. The largest absolute Gasteiger partial charge is 0.289 e. The molecule has 0 bridgehead atoms. The average molecular weight is 364 g/mol. The molecule has 1 nitrogen and oxygen atoms in total. The Kier molecular flexibility index (Phi) is 2.96. The second-order valence-electron chi connectivity index (χ2n) is 4.10. The van der Waals surface area contributed by atoms with Gasteiger partial charge in [0.05, 0.1) is 0 Å². The van der Waals surface area contributed by atoms with Crippen LogP contribution in [0.15, 0.2) is 62.3 Å². The van der Waals surface area contributed by atoms with Gasteiger partial charge in [-0.15, -0.1) is 0 Å². The lowest BCUT2D eigenvalue weighted by atomic mass is 10.1. The van der Waals surface area contributed by atoms with Crippen LogP contribution in [0.5, 0.6) is 0 Å². The standard InChI is InChI=1S/C15H8Br2O/c16-11-5-1-3-9(7-11)13-14(15(13)18)10-4-2-6-12(17)8-10/h1-8H. The van der Waals surface area contributed by atoms with E-state index in [9.17, 15) is 4.79 Å². The third kappa shape index (κ3) is 2.08. The van der Waals surface area contributed by atoms with Gasteiger partial charge in [-0.3, -0.25) is 4.79 Å². The summed E-state index contributed by atoms with van der Waals surface area (Å²) in [7, 11) is 0. The fraction of sp³-hybridized carbons (Fsp3) is 0. The van der Waals surface area contributed by atoms with Crippen LogP contribution in [-0.2, 0) is 0 Å². The molecule has 0 unspecified atom stereocenters. The lowest BCUT2D eigenvalue weighted by Crippen LogP contribution is -1.78. The van der Waals surface area contributed by atoms with E-state index in [0.717, 1.165) is 31.2 Å². The van der Waals surface area contributed by atoms with E-state index in [1.807, 2.05) is 48.5 Å². The molecule has 0 fully saturated rings. The van der Waals surface area contributed by atoms with E-state index in [4.69, 9.17) is 0 Å². The first-order valence-corrected chi connectivity index (χ1v) is 7.06. The molecule has 0 aliphatic carbocycles. The molecule has 0 heterocycles. The van der Waals surface area contributed by atoms with Crippen molar-refractivity contribution in [3.63, 3.8) is 0 Å². The lowest BCUT2D eigenvalue weighted by molar-refractivity contribution is 1.64. The smallest absolute Gasteiger partial charge is 0.195 e. The van der Waals surface area contributed by atoms with Crippen LogP contribution >= 0.6 is 31.9 Å². The molecule has 0 aliphatic heterocycles. The van der Waals surface area contributed by atoms with Gasteiger partial charge in [0.1, 0.15) is 0 Å². The summed E-state index contributed by atoms with van der Waals surface area (Å²) in [6.45, 7) is 0. The summed E-state index contributed by atoms with van der Waals surface area (Å²) in [5.41, 5.74) is 3.75. The highest BCUT2D eigenvalue weighted by atomic mass is 79.9.